The molecule has 0 spiro atoms. The molecule has 0 saturated carbocycles. The van der Waals surface area contributed by atoms with Gasteiger partial charge in [-0.25, -0.2) is 0 Å². The number of hydrogen-bond donors (Lipinski definition) is 0. The summed E-state index contributed by atoms with van der Waals surface area (Å²) in [7, 11) is 0. The van der Waals surface area contributed by atoms with Crippen molar-refractivity contribution in [3.63, 3.8) is 0 Å². The average molecular weight is 250 g/mol. The smallest absolute Gasteiger partial charge is 0.321 e. The highest BCUT2D eigenvalue weighted by Gasteiger charge is 2.07. The van der Waals surface area contributed by atoms with Crippen LogP contribution in [0.4, 0.5) is 0 Å². The predicted molar refractivity (Wildman–Crippen MR) is 66.1 cm³/mol. The number of rotatable bonds is 4. The summed E-state index contributed by atoms with van der Waals surface area (Å²) in [6.07, 6.45) is 0.893. The molecule has 2 rings (SSSR count). The van der Waals surface area contributed by atoms with Crippen molar-refractivity contribution in [1.82, 2.24) is 15.0 Å². The van der Waals surface area contributed by atoms with E-state index in [1.165, 1.54) is 0 Å². The summed E-state index contributed by atoms with van der Waals surface area (Å²) < 4.78 is 5.35. The van der Waals surface area contributed by atoms with Crippen LogP contribution in [0.1, 0.15) is 13.3 Å². The van der Waals surface area contributed by atoms with Gasteiger partial charge in [-0.1, -0.05) is 37.3 Å². The molecule has 1 heterocycles. The molecular weight excluding hydrogens is 238 g/mol. The summed E-state index contributed by atoms with van der Waals surface area (Å²) in [6, 6.07) is 9.86. The van der Waals surface area contributed by atoms with Gasteiger partial charge in [0.25, 0.3) is 0 Å². The van der Waals surface area contributed by atoms with Crippen LogP contribution in [0.25, 0.3) is 11.4 Å². The minimum absolute atomic E-state index is 0.143. The number of halogens is 1. The van der Waals surface area contributed by atoms with Crippen LogP contribution in [0, 0.1) is 0 Å². The van der Waals surface area contributed by atoms with Crippen LogP contribution in [0.3, 0.4) is 0 Å². The molecule has 0 radical (unpaired) electrons. The second kappa shape index (κ2) is 5.59. The first-order valence-electron chi connectivity index (χ1n) is 5.39. The van der Waals surface area contributed by atoms with E-state index in [9.17, 15) is 0 Å². The van der Waals surface area contributed by atoms with Crippen LogP contribution < -0.4 is 4.74 Å². The second-order valence-electron chi connectivity index (χ2n) is 3.43. The van der Waals surface area contributed by atoms with Gasteiger partial charge in [0, 0.05) is 5.56 Å². The minimum Gasteiger partial charge on any atom is -0.463 e. The first-order chi connectivity index (χ1) is 8.29. The molecule has 0 aliphatic carbocycles. The minimum atomic E-state index is 0.143. The normalized spacial score (nSPS) is 10.2. The van der Waals surface area contributed by atoms with Gasteiger partial charge in [0.15, 0.2) is 5.82 Å². The number of benzene rings is 1. The third-order valence-corrected chi connectivity index (χ3v) is 2.22. The Kier molecular flexibility index (Phi) is 3.88. The van der Waals surface area contributed by atoms with Crippen LogP contribution in [0.2, 0.25) is 5.28 Å². The van der Waals surface area contributed by atoms with Gasteiger partial charge < -0.3 is 4.74 Å². The van der Waals surface area contributed by atoms with Gasteiger partial charge in [0.2, 0.25) is 5.28 Å². The zero-order chi connectivity index (χ0) is 12.1. The summed E-state index contributed by atoms with van der Waals surface area (Å²) >= 11 is 5.84. The molecule has 0 atom stereocenters. The molecule has 0 bridgehead atoms. The van der Waals surface area contributed by atoms with E-state index >= 15 is 0 Å². The van der Waals surface area contributed by atoms with Crippen LogP contribution >= 0.6 is 11.6 Å². The lowest BCUT2D eigenvalue weighted by molar-refractivity contribution is 0.291. The van der Waals surface area contributed by atoms with Gasteiger partial charge in [0.1, 0.15) is 0 Å². The molecule has 2 aromatic rings. The maximum Gasteiger partial charge on any atom is 0.321 e. The van der Waals surface area contributed by atoms with Crippen molar-refractivity contribution in [1.29, 1.82) is 0 Å². The van der Waals surface area contributed by atoms with Gasteiger partial charge in [-0.05, 0) is 18.0 Å². The molecular formula is C12H12ClN3O. The Morgan fingerprint density at radius 1 is 1.12 bits per heavy atom. The summed E-state index contributed by atoms with van der Waals surface area (Å²) in [5.41, 5.74) is 0.887. The molecule has 0 aliphatic heterocycles. The second-order valence-corrected chi connectivity index (χ2v) is 3.76. The first kappa shape index (κ1) is 11.8. The summed E-state index contributed by atoms with van der Waals surface area (Å²) in [4.78, 5) is 12.2. The fourth-order valence-electron chi connectivity index (χ4n) is 1.31. The Morgan fingerprint density at radius 2 is 1.88 bits per heavy atom. The van der Waals surface area contributed by atoms with E-state index in [0.29, 0.717) is 12.4 Å². The molecule has 0 N–H and O–H groups in total. The van der Waals surface area contributed by atoms with Crippen molar-refractivity contribution in [3.05, 3.63) is 35.6 Å². The zero-order valence-electron chi connectivity index (χ0n) is 9.43. The summed E-state index contributed by atoms with van der Waals surface area (Å²) in [5, 5.41) is 0.143. The predicted octanol–water partition coefficient (Wildman–Crippen LogP) is 2.98. The zero-order valence-corrected chi connectivity index (χ0v) is 10.2. The quantitative estimate of drug-likeness (QED) is 0.836. The molecule has 0 aliphatic rings. The lowest BCUT2D eigenvalue weighted by Crippen LogP contribution is -2.02. The fourth-order valence-corrected chi connectivity index (χ4v) is 1.46. The van der Waals surface area contributed by atoms with E-state index in [1.807, 2.05) is 37.3 Å². The van der Waals surface area contributed by atoms with Gasteiger partial charge in [0.05, 0.1) is 6.61 Å². The molecule has 1 aromatic carbocycles. The van der Waals surface area contributed by atoms with Gasteiger partial charge in [-0.15, -0.1) is 0 Å². The van der Waals surface area contributed by atoms with Gasteiger partial charge >= 0.3 is 6.01 Å². The Bertz CT molecular complexity index is 490. The van der Waals surface area contributed by atoms with Gasteiger partial charge in [-0.3, -0.25) is 0 Å². The molecule has 0 unspecified atom stereocenters. The van der Waals surface area contributed by atoms with Gasteiger partial charge in [-0.2, -0.15) is 15.0 Å². The van der Waals surface area contributed by atoms with Crippen molar-refractivity contribution in [3.8, 4) is 17.4 Å². The SMILES string of the molecule is CCCOc1nc(Cl)nc(-c2ccccc2)n1. The van der Waals surface area contributed by atoms with E-state index in [2.05, 4.69) is 15.0 Å². The monoisotopic (exact) mass is 249 g/mol. The highest BCUT2D eigenvalue weighted by Crippen LogP contribution is 2.18. The van der Waals surface area contributed by atoms with Crippen LogP contribution in [-0.2, 0) is 0 Å². The van der Waals surface area contributed by atoms with E-state index in [0.717, 1.165) is 12.0 Å². The lowest BCUT2D eigenvalue weighted by atomic mass is 10.2. The van der Waals surface area contributed by atoms with Crippen molar-refractivity contribution < 1.29 is 4.74 Å². The van der Waals surface area contributed by atoms with E-state index in [-0.39, 0.29) is 11.3 Å². The van der Waals surface area contributed by atoms with Crippen molar-refractivity contribution in [2.75, 3.05) is 6.61 Å². The number of ether oxygens (including phenoxy) is 1. The Morgan fingerprint density at radius 3 is 2.59 bits per heavy atom. The first-order valence-corrected chi connectivity index (χ1v) is 5.77. The van der Waals surface area contributed by atoms with E-state index in [4.69, 9.17) is 16.3 Å². The topological polar surface area (TPSA) is 47.9 Å². The number of hydrogen-bond acceptors (Lipinski definition) is 4. The van der Waals surface area contributed by atoms with Crippen molar-refractivity contribution in [2.45, 2.75) is 13.3 Å². The molecule has 5 heteroatoms. The lowest BCUT2D eigenvalue weighted by Gasteiger charge is -2.05. The molecule has 0 saturated heterocycles. The Balaban J connectivity index is 2.32. The molecule has 88 valence electrons. The Hall–Kier alpha value is -1.68. The highest BCUT2D eigenvalue weighted by atomic mass is 35.5. The highest BCUT2D eigenvalue weighted by molar-refractivity contribution is 6.28. The van der Waals surface area contributed by atoms with E-state index in [1.54, 1.807) is 0 Å². The third kappa shape index (κ3) is 3.14. The maximum absolute atomic E-state index is 5.84. The van der Waals surface area contributed by atoms with Crippen LogP contribution in [-0.4, -0.2) is 21.6 Å². The van der Waals surface area contributed by atoms with Crippen LogP contribution in [0.5, 0.6) is 6.01 Å². The standard InChI is InChI=1S/C12H12ClN3O/c1-2-8-17-12-15-10(14-11(13)16-12)9-6-4-3-5-7-9/h3-7H,2,8H2,1H3. The van der Waals surface area contributed by atoms with E-state index < -0.39 is 0 Å². The fraction of sp³-hybridized carbons (Fsp3) is 0.250. The summed E-state index contributed by atoms with van der Waals surface area (Å²) in [5.74, 6) is 0.525. The maximum atomic E-state index is 5.84. The number of nitrogens with zero attached hydrogens (tertiary/aromatic N) is 3. The van der Waals surface area contributed by atoms with Crippen molar-refractivity contribution in [2.24, 2.45) is 0 Å². The third-order valence-electron chi connectivity index (χ3n) is 2.05. The summed E-state index contributed by atoms with van der Waals surface area (Å²) in [6.45, 7) is 2.58. The molecule has 0 amide bonds. The molecule has 17 heavy (non-hydrogen) atoms. The van der Waals surface area contributed by atoms with Crippen LogP contribution in [0.15, 0.2) is 30.3 Å². The number of aromatic nitrogens is 3. The largest absolute Gasteiger partial charge is 0.463 e. The molecule has 1 aromatic heterocycles. The average Bonchev–Trinajstić information content (AvgIpc) is 2.37. The molecule has 4 nitrogen and oxygen atoms in total. The molecule has 0 fully saturated rings. The van der Waals surface area contributed by atoms with Crippen molar-refractivity contribution >= 4 is 11.6 Å². The Labute approximate surface area is 105 Å².